The van der Waals surface area contributed by atoms with Gasteiger partial charge in [0.25, 0.3) is 10.0 Å². The lowest BCUT2D eigenvalue weighted by atomic mass is 10.00. The van der Waals surface area contributed by atoms with E-state index in [0.717, 1.165) is 24.3 Å². The number of nitrogens with zero attached hydrogens (tertiary/aromatic N) is 2. The van der Waals surface area contributed by atoms with E-state index in [2.05, 4.69) is 35.4 Å². The molecular formula is C20H27N3O2S. The zero-order valence-corrected chi connectivity index (χ0v) is 16.5. The fourth-order valence-electron chi connectivity index (χ4n) is 3.29. The van der Waals surface area contributed by atoms with E-state index in [4.69, 9.17) is 0 Å². The van der Waals surface area contributed by atoms with Crippen LogP contribution in [0, 0.1) is 5.92 Å². The van der Waals surface area contributed by atoms with E-state index in [1.54, 1.807) is 24.4 Å². The van der Waals surface area contributed by atoms with E-state index < -0.39 is 10.0 Å². The number of pyridine rings is 1. The van der Waals surface area contributed by atoms with Crippen LogP contribution in [0.3, 0.4) is 0 Å². The molecule has 1 N–H and O–H groups in total. The number of rotatable bonds is 5. The van der Waals surface area contributed by atoms with Crippen LogP contribution in [0.15, 0.2) is 47.5 Å². The summed E-state index contributed by atoms with van der Waals surface area (Å²) in [5.74, 6) is 1.38. The highest BCUT2D eigenvalue weighted by Crippen LogP contribution is 2.24. The molecule has 0 radical (unpaired) electrons. The molecule has 6 heteroatoms. The molecular weight excluding hydrogens is 346 g/mol. The maximum Gasteiger partial charge on any atom is 0.263 e. The van der Waals surface area contributed by atoms with Crippen molar-refractivity contribution in [3.63, 3.8) is 0 Å². The Kier molecular flexibility index (Phi) is 5.51. The van der Waals surface area contributed by atoms with Gasteiger partial charge in [-0.1, -0.05) is 32.9 Å². The van der Waals surface area contributed by atoms with E-state index in [9.17, 15) is 8.42 Å². The van der Waals surface area contributed by atoms with Crippen LogP contribution in [-0.2, 0) is 10.0 Å². The molecule has 140 valence electrons. The average molecular weight is 374 g/mol. The summed E-state index contributed by atoms with van der Waals surface area (Å²) in [5.41, 5.74) is 2.16. The molecule has 26 heavy (non-hydrogen) atoms. The molecule has 2 heterocycles. The zero-order chi connectivity index (χ0) is 18.7. The Morgan fingerprint density at radius 3 is 2.46 bits per heavy atom. The fraction of sp³-hybridized carbons (Fsp3) is 0.450. The second-order valence-corrected chi connectivity index (χ2v) is 9.11. The van der Waals surface area contributed by atoms with Gasteiger partial charge in [-0.05, 0) is 54.5 Å². The molecule has 1 aromatic heterocycles. The molecule has 2 aromatic rings. The Hall–Kier alpha value is -2.08. The summed E-state index contributed by atoms with van der Waals surface area (Å²) >= 11 is 0. The predicted octanol–water partition coefficient (Wildman–Crippen LogP) is 4.24. The van der Waals surface area contributed by atoms with Gasteiger partial charge in [0.1, 0.15) is 5.82 Å². The molecule has 0 saturated carbocycles. The molecule has 0 bridgehead atoms. The van der Waals surface area contributed by atoms with Gasteiger partial charge >= 0.3 is 0 Å². The second kappa shape index (κ2) is 7.66. The SMILES string of the molecule is CC1CCCN(c2ccc(NS(=O)(=O)c3ccc(C(C)C)cc3)nc2)C1. The van der Waals surface area contributed by atoms with Gasteiger partial charge in [-0.15, -0.1) is 0 Å². The standard InChI is InChI=1S/C20H27N3O2S/c1-15(2)17-6-9-19(10-7-17)26(24,25)22-20-11-8-18(13-21-20)23-12-4-5-16(3)14-23/h6-11,13,15-16H,4-5,12,14H2,1-3H3,(H,21,22). The summed E-state index contributed by atoms with van der Waals surface area (Å²) in [6, 6.07) is 10.7. The largest absolute Gasteiger partial charge is 0.370 e. The van der Waals surface area contributed by atoms with Crippen molar-refractivity contribution in [2.75, 3.05) is 22.7 Å². The summed E-state index contributed by atoms with van der Waals surface area (Å²) in [6.45, 7) is 8.47. The molecule has 1 aliphatic heterocycles. The van der Waals surface area contributed by atoms with Crippen molar-refractivity contribution in [2.24, 2.45) is 5.92 Å². The Balaban J connectivity index is 1.71. The van der Waals surface area contributed by atoms with E-state index >= 15 is 0 Å². The molecule has 1 atom stereocenters. The molecule has 1 fully saturated rings. The topological polar surface area (TPSA) is 62.3 Å². The van der Waals surface area contributed by atoms with Crippen molar-refractivity contribution >= 4 is 21.5 Å². The highest BCUT2D eigenvalue weighted by molar-refractivity contribution is 7.92. The number of nitrogens with one attached hydrogen (secondary N) is 1. The predicted molar refractivity (Wildman–Crippen MR) is 106 cm³/mol. The normalized spacial score (nSPS) is 18.2. The first-order valence-corrected chi connectivity index (χ1v) is 10.7. The van der Waals surface area contributed by atoms with Crippen LogP contribution in [-0.4, -0.2) is 26.5 Å². The first-order chi connectivity index (χ1) is 12.3. The number of aromatic nitrogens is 1. The highest BCUT2D eigenvalue weighted by atomic mass is 32.2. The van der Waals surface area contributed by atoms with E-state index in [-0.39, 0.29) is 4.90 Å². The first-order valence-electron chi connectivity index (χ1n) is 9.19. The van der Waals surface area contributed by atoms with Gasteiger partial charge in [0.05, 0.1) is 16.8 Å². The lowest BCUT2D eigenvalue weighted by molar-refractivity contribution is 0.446. The highest BCUT2D eigenvalue weighted by Gasteiger charge is 2.18. The third kappa shape index (κ3) is 4.36. The van der Waals surface area contributed by atoms with Crippen LogP contribution >= 0.6 is 0 Å². The molecule has 0 amide bonds. The van der Waals surface area contributed by atoms with E-state index in [0.29, 0.717) is 17.7 Å². The molecule has 5 nitrogen and oxygen atoms in total. The zero-order valence-electron chi connectivity index (χ0n) is 15.6. The van der Waals surface area contributed by atoms with Crippen LogP contribution in [0.5, 0.6) is 0 Å². The minimum atomic E-state index is -3.63. The van der Waals surface area contributed by atoms with E-state index in [1.807, 2.05) is 18.2 Å². The monoisotopic (exact) mass is 373 g/mol. The summed E-state index contributed by atoms with van der Waals surface area (Å²) in [4.78, 5) is 6.86. The van der Waals surface area contributed by atoms with Crippen LogP contribution in [0.2, 0.25) is 0 Å². The van der Waals surface area contributed by atoms with Crippen LogP contribution < -0.4 is 9.62 Å². The van der Waals surface area contributed by atoms with Crippen LogP contribution in [0.1, 0.15) is 45.1 Å². The van der Waals surface area contributed by atoms with Crippen LogP contribution in [0.4, 0.5) is 11.5 Å². The number of sulfonamides is 1. The second-order valence-electron chi connectivity index (χ2n) is 7.42. The maximum atomic E-state index is 12.6. The number of piperidine rings is 1. The summed E-state index contributed by atoms with van der Waals surface area (Å²) in [7, 11) is -3.63. The van der Waals surface area contributed by atoms with Gasteiger partial charge in [0.2, 0.25) is 0 Å². The first kappa shape index (κ1) is 18.7. The molecule has 1 saturated heterocycles. The third-order valence-electron chi connectivity index (χ3n) is 4.87. The van der Waals surface area contributed by atoms with Gasteiger partial charge < -0.3 is 4.90 Å². The molecule has 3 rings (SSSR count). The van der Waals surface area contributed by atoms with Gasteiger partial charge in [-0.25, -0.2) is 13.4 Å². The number of benzene rings is 1. The van der Waals surface area contributed by atoms with Gasteiger partial charge in [-0.3, -0.25) is 4.72 Å². The Bertz CT molecular complexity index is 830. The minimum Gasteiger partial charge on any atom is -0.370 e. The summed E-state index contributed by atoms with van der Waals surface area (Å²) < 4.78 is 27.7. The third-order valence-corrected chi connectivity index (χ3v) is 6.24. The summed E-state index contributed by atoms with van der Waals surface area (Å²) in [5, 5.41) is 0. The molecule has 0 aliphatic carbocycles. The van der Waals surface area contributed by atoms with Crippen molar-refractivity contribution in [1.29, 1.82) is 0 Å². The number of hydrogen-bond donors (Lipinski definition) is 1. The smallest absolute Gasteiger partial charge is 0.263 e. The Morgan fingerprint density at radius 2 is 1.88 bits per heavy atom. The van der Waals surface area contributed by atoms with Gasteiger partial charge in [-0.2, -0.15) is 0 Å². The molecule has 1 aliphatic rings. The van der Waals surface area contributed by atoms with Gasteiger partial charge in [0, 0.05) is 13.1 Å². The number of hydrogen-bond acceptors (Lipinski definition) is 4. The fourth-order valence-corrected chi connectivity index (χ4v) is 4.29. The molecule has 1 unspecified atom stereocenters. The van der Waals surface area contributed by atoms with Gasteiger partial charge in [0.15, 0.2) is 0 Å². The lowest BCUT2D eigenvalue weighted by Gasteiger charge is -2.32. The Labute approximate surface area is 156 Å². The van der Waals surface area contributed by atoms with Crippen molar-refractivity contribution in [1.82, 2.24) is 4.98 Å². The minimum absolute atomic E-state index is 0.248. The quantitative estimate of drug-likeness (QED) is 0.851. The Morgan fingerprint density at radius 1 is 1.15 bits per heavy atom. The van der Waals surface area contributed by atoms with Crippen molar-refractivity contribution in [2.45, 2.75) is 44.4 Å². The lowest BCUT2D eigenvalue weighted by Crippen LogP contribution is -2.34. The number of anilines is 2. The van der Waals surface area contributed by atoms with E-state index in [1.165, 1.54) is 12.8 Å². The molecule has 1 aromatic carbocycles. The average Bonchev–Trinajstić information content (AvgIpc) is 2.62. The van der Waals surface area contributed by atoms with Crippen LogP contribution in [0.25, 0.3) is 0 Å². The van der Waals surface area contributed by atoms with Crippen molar-refractivity contribution < 1.29 is 8.42 Å². The van der Waals surface area contributed by atoms with Crippen molar-refractivity contribution in [3.8, 4) is 0 Å². The van der Waals surface area contributed by atoms with Crippen molar-refractivity contribution in [3.05, 3.63) is 48.2 Å². The molecule has 0 spiro atoms. The maximum absolute atomic E-state index is 12.6. The summed E-state index contributed by atoms with van der Waals surface area (Å²) in [6.07, 6.45) is 4.19.